The van der Waals surface area contributed by atoms with Gasteiger partial charge in [-0.2, -0.15) is 0 Å². The summed E-state index contributed by atoms with van der Waals surface area (Å²) in [6.45, 7) is 1.99. The van der Waals surface area contributed by atoms with E-state index in [0.717, 1.165) is 25.7 Å². The molecule has 23 heavy (non-hydrogen) atoms. The standard InChI is InChI=1S/C15H10ClN3OS3/c1-8-17-9(6-21-8)7-22-15-19-18-14(20-15)13-12(16)10-4-2-3-5-11(10)23-13/h2-6H,7H2,1H3. The van der Waals surface area contributed by atoms with Gasteiger partial charge in [-0.15, -0.1) is 32.9 Å². The summed E-state index contributed by atoms with van der Waals surface area (Å²) in [4.78, 5) is 5.24. The third-order valence-electron chi connectivity index (χ3n) is 3.15. The molecule has 0 unspecified atom stereocenters. The smallest absolute Gasteiger partial charge is 0.277 e. The maximum Gasteiger partial charge on any atom is 0.277 e. The van der Waals surface area contributed by atoms with E-state index in [9.17, 15) is 0 Å². The first-order chi connectivity index (χ1) is 11.2. The van der Waals surface area contributed by atoms with Crippen LogP contribution in [0.2, 0.25) is 5.02 Å². The van der Waals surface area contributed by atoms with Crippen LogP contribution in [0, 0.1) is 6.92 Å². The van der Waals surface area contributed by atoms with Gasteiger partial charge in [-0.05, 0) is 13.0 Å². The lowest BCUT2D eigenvalue weighted by atomic mass is 10.2. The second kappa shape index (κ2) is 6.24. The van der Waals surface area contributed by atoms with Crippen LogP contribution in [-0.4, -0.2) is 15.2 Å². The number of aromatic nitrogens is 3. The molecule has 0 aliphatic carbocycles. The number of hydrogen-bond acceptors (Lipinski definition) is 7. The fourth-order valence-electron chi connectivity index (χ4n) is 2.12. The van der Waals surface area contributed by atoms with Crippen molar-refractivity contribution >= 4 is 56.1 Å². The Morgan fingerprint density at radius 2 is 2.13 bits per heavy atom. The molecule has 0 atom stereocenters. The van der Waals surface area contributed by atoms with E-state index in [0.29, 0.717) is 21.9 Å². The first kappa shape index (κ1) is 15.1. The lowest BCUT2D eigenvalue weighted by Gasteiger charge is -1.92. The normalized spacial score (nSPS) is 11.4. The minimum atomic E-state index is 0.466. The number of rotatable bonds is 4. The highest BCUT2D eigenvalue weighted by atomic mass is 35.5. The number of thiophene rings is 1. The van der Waals surface area contributed by atoms with Gasteiger partial charge in [0.2, 0.25) is 0 Å². The topological polar surface area (TPSA) is 51.8 Å². The quantitative estimate of drug-likeness (QED) is 0.428. The van der Waals surface area contributed by atoms with Gasteiger partial charge in [-0.25, -0.2) is 4.98 Å². The summed E-state index contributed by atoms with van der Waals surface area (Å²) in [5.41, 5.74) is 1.03. The Balaban J connectivity index is 1.58. The van der Waals surface area contributed by atoms with Crippen LogP contribution in [-0.2, 0) is 5.75 Å². The molecule has 4 nitrogen and oxygen atoms in total. The maximum atomic E-state index is 6.44. The summed E-state index contributed by atoms with van der Waals surface area (Å²) in [6, 6.07) is 7.99. The molecule has 0 fully saturated rings. The molecule has 3 aromatic heterocycles. The average molecular weight is 380 g/mol. The lowest BCUT2D eigenvalue weighted by molar-refractivity contribution is 0.466. The Hall–Kier alpha value is -1.41. The largest absolute Gasteiger partial charge is 0.410 e. The van der Waals surface area contributed by atoms with Gasteiger partial charge in [0.05, 0.1) is 15.7 Å². The Morgan fingerprint density at radius 3 is 2.91 bits per heavy atom. The van der Waals surface area contributed by atoms with E-state index in [-0.39, 0.29) is 0 Å². The van der Waals surface area contributed by atoms with Crippen molar-refractivity contribution < 1.29 is 4.42 Å². The molecule has 1 aromatic carbocycles. The van der Waals surface area contributed by atoms with E-state index in [1.54, 1.807) is 22.7 Å². The zero-order valence-corrected chi connectivity index (χ0v) is 15.2. The number of benzene rings is 1. The highest BCUT2D eigenvalue weighted by molar-refractivity contribution is 7.98. The molecular formula is C15H10ClN3OS3. The monoisotopic (exact) mass is 379 g/mol. The Labute approximate surface area is 149 Å². The van der Waals surface area contributed by atoms with Crippen molar-refractivity contribution in [3.05, 3.63) is 45.4 Å². The van der Waals surface area contributed by atoms with Gasteiger partial charge in [0.25, 0.3) is 11.1 Å². The molecule has 0 saturated heterocycles. The molecule has 0 spiro atoms. The van der Waals surface area contributed by atoms with Crippen LogP contribution in [0.4, 0.5) is 0 Å². The number of fused-ring (bicyclic) bond motifs is 1. The molecule has 0 saturated carbocycles. The van der Waals surface area contributed by atoms with Crippen LogP contribution in [0.5, 0.6) is 0 Å². The molecule has 3 heterocycles. The summed E-state index contributed by atoms with van der Waals surface area (Å²) >= 11 is 11.1. The molecule has 0 aliphatic rings. The molecule has 0 radical (unpaired) electrons. The zero-order valence-electron chi connectivity index (χ0n) is 11.9. The van der Waals surface area contributed by atoms with Crippen LogP contribution in [0.3, 0.4) is 0 Å². The predicted molar refractivity (Wildman–Crippen MR) is 96.5 cm³/mol. The summed E-state index contributed by atoms with van der Waals surface area (Å²) < 4.78 is 6.86. The van der Waals surface area contributed by atoms with E-state index >= 15 is 0 Å². The Bertz CT molecular complexity index is 975. The zero-order chi connectivity index (χ0) is 15.8. The van der Waals surface area contributed by atoms with Crippen LogP contribution in [0.25, 0.3) is 20.9 Å². The van der Waals surface area contributed by atoms with Crippen LogP contribution >= 0.6 is 46.0 Å². The first-order valence-corrected chi connectivity index (χ1v) is 9.81. The minimum absolute atomic E-state index is 0.466. The molecule has 8 heteroatoms. The summed E-state index contributed by atoms with van der Waals surface area (Å²) in [5, 5.41) is 13.5. The van der Waals surface area contributed by atoms with Gasteiger partial charge in [0.15, 0.2) is 0 Å². The van der Waals surface area contributed by atoms with Crippen molar-refractivity contribution in [1.29, 1.82) is 0 Å². The molecular weight excluding hydrogens is 370 g/mol. The van der Waals surface area contributed by atoms with Crippen molar-refractivity contribution in [3.63, 3.8) is 0 Å². The fourth-order valence-corrected chi connectivity index (χ4v) is 4.93. The number of aryl methyl sites for hydroxylation is 1. The second-order valence-corrected chi connectivity index (χ2v) is 8.18. The van der Waals surface area contributed by atoms with Crippen molar-refractivity contribution in [2.45, 2.75) is 17.9 Å². The predicted octanol–water partition coefficient (Wildman–Crippen LogP) is 5.66. The van der Waals surface area contributed by atoms with E-state index in [4.69, 9.17) is 16.0 Å². The van der Waals surface area contributed by atoms with Crippen LogP contribution in [0.15, 0.2) is 39.3 Å². The average Bonchev–Trinajstić information content (AvgIpc) is 3.25. The van der Waals surface area contributed by atoms with Gasteiger partial charge >= 0.3 is 0 Å². The Morgan fingerprint density at radius 1 is 1.26 bits per heavy atom. The minimum Gasteiger partial charge on any atom is -0.410 e. The summed E-state index contributed by atoms with van der Waals surface area (Å²) in [7, 11) is 0. The van der Waals surface area contributed by atoms with Gasteiger partial charge in [0, 0.05) is 21.2 Å². The van der Waals surface area contributed by atoms with Crippen LogP contribution < -0.4 is 0 Å². The van der Waals surface area contributed by atoms with Gasteiger partial charge in [0.1, 0.15) is 4.88 Å². The highest BCUT2D eigenvalue weighted by Gasteiger charge is 2.17. The number of thioether (sulfide) groups is 1. The van der Waals surface area contributed by atoms with Gasteiger partial charge < -0.3 is 4.42 Å². The highest BCUT2D eigenvalue weighted by Crippen LogP contribution is 2.41. The Kier molecular flexibility index (Phi) is 4.11. The molecule has 116 valence electrons. The van der Waals surface area contributed by atoms with Crippen LogP contribution in [0.1, 0.15) is 10.7 Å². The maximum absolute atomic E-state index is 6.44. The van der Waals surface area contributed by atoms with Crippen molar-refractivity contribution in [1.82, 2.24) is 15.2 Å². The molecule has 0 aliphatic heterocycles. The SMILES string of the molecule is Cc1nc(CSc2nnc(-c3sc4ccccc4c3Cl)o2)cs1. The van der Waals surface area contributed by atoms with E-state index in [1.807, 2.05) is 36.6 Å². The number of thiazole rings is 1. The molecule has 0 bridgehead atoms. The summed E-state index contributed by atoms with van der Waals surface area (Å²) in [5.74, 6) is 1.18. The van der Waals surface area contributed by atoms with E-state index < -0.39 is 0 Å². The fraction of sp³-hybridized carbons (Fsp3) is 0.133. The van der Waals surface area contributed by atoms with Crippen molar-refractivity contribution in [2.75, 3.05) is 0 Å². The number of nitrogens with zero attached hydrogens (tertiary/aromatic N) is 3. The summed E-state index contributed by atoms with van der Waals surface area (Å²) in [6.07, 6.45) is 0. The third-order valence-corrected chi connectivity index (χ3v) is 6.48. The number of hydrogen-bond donors (Lipinski definition) is 0. The molecule has 0 N–H and O–H groups in total. The molecule has 0 amide bonds. The number of halogens is 1. The first-order valence-electron chi connectivity index (χ1n) is 6.75. The third kappa shape index (κ3) is 3.01. The van der Waals surface area contributed by atoms with E-state index in [1.165, 1.54) is 11.8 Å². The van der Waals surface area contributed by atoms with Crippen molar-refractivity contribution in [3.8, 4) is 10.8 Å². The second-order valence-electron chi connectivity index (χ2n) is 4.76. The van der Waals surface area contributed by atoms with Gasteiger partial charge in [-0.1, -0.05) is 41.6 Å². The van der Waals surface area contributed by atoms with Gasteiger partial charge in [-0.3, -0.25) is 0 Å². The lowest BCUT2D eigenvalue weighted by Crippen LogP contribution is -1.80. The molecule has 4 aromatic rings. The van der Waals surface area contributed by atoms with Crippen molar-refractivity contribution in [2.24, 2.45) is 0 Å². The molecule has 4 rings (SSSR count). The van der Waals surface area contributed by atoms with E-state index in [2.05, 4.69) is 15.2 Å².